The fourth-order valence-electron chi connectivity index (χ4n) is 2.41. The lowest BCUT2D eigenvalue weighted by molar-refractivity contribution is 0.0976. The predicted octanol–water partition coefficient (Wildman–Crippen LogP) is 4.25. The highest BCUT2D eigenvalue weighted by atomic mass is 79.9. The van der Waals surface area contributed by atoms with Crippen LogP contribution >= 0.6 is 15.9 Å². The maximum Gasteiger partial charge on any atom is 0.258 e. The number of ether oxygens (including phenoxy) is 1. The van der Waals surface area contributed by atoms with E-state index in [9.17, 15) is 4.79 Å². The Morgan fingerprint density at radius 1 is 1.11 bits per heavy atom. The maximum atomic E-state index is 12.7. The summed E-state index contributed by atoms with van der Waals surface area (Å²) in [5.74, 6) is 0.650. The van der Waals surface area contributed by atoms with Crippen molar-refractivity contribution in [3.05, 3.63) is 88.7 Å². The lowest BCUT2D eigenvalue weighted by Gasteiger charge is -2.12. The first-order chi connectivity index (χ1) is 13.6. The molecule has 0 atom stereocenters. The number of halogens is 1. The second kappa shape index (κ2) is 9.66. The molecule has 0 aliphatic carbocycles. The number of guanidine groups is 1. The summed E-state index contributed by atoms with van der Waals surface area (Å²) in [6.07, 6.45) is 1.71. The molecule has 0 bridgehead atoms. The van der Waals surface area contributed by atoms with Crippen LogP contribution < -0.4 is 15.4 Å². The third-order valence-electron chi connectivity index (χ3n) is 3.78. The molecular weight excluding hydrogens is 420 g/mol. The molecule has 0 aliphatic rings. The first-order valence-corrected chi connectivity index (χ1v) is 9.36. The van der Waals surface area contributed by atoms with Gasteiger partial charge in [0, 0.05) is 21.9 Å². The summed E-state index contributed by atoms with van der Waals surface area (Å²) in [5.41, 5.74) is 2.06. The van der Waals surface area contributed by atoms with E-state index in [0.29, 0.717) is 23.8 Å². The first kappa shape index (κ1) is 19.6. The highest BCUT2D eigenvalue weighted by Crippen LogP contribution is 2.16. The van der Waals surface area contributed by atoms with E-state index in [4.69, 9.17) is 4.74 Å². The highest BCUT2D eigenvalue weighted by molar-refractivity contribution is 9.10. The van der Waals surface area contributed by atoms with Gasteiger partial charge in [0.25, 0.3) is 5.91 Å². The average molecular weight is 439 g/mol. The molecule has 142 valence electrons. The number of carbonyl (C=O) groups excluding carboxylic acids is 1. The lowest BCUT2D eigenvalue weighted by atomic mass is 10.2. The van der Waals surface area contributed by atoms with Crippen LogP contribution in [0.1, 0.15) is 16.1 Å². The Morgan fingerprint density at radius 2 is 1.96 bits per heavy atom. The highest BCUT2D eigenvalue weighted by Gasteiger charge is 2.11. The molecule has 0 fully saturated rings. The van der Waals surface area contributed by atoms with E-state index < -0.39 is 0 Å². The molecule has 0 unspecified atom stereocenters. The molecule has 28 heavy (non-hydrogen) atoms. The Kier molecular flexibility index (Phi) is 6.75. The van der Waals surface area contributed by atoms with Gasteiger partial charge in [-0.15, -0.1) is 0 Å². The molecule has 6 nitrogen and oxygen atoms in total. The summed E-state index contributed by atoms with van der Waals surface area (Å²) >= 11 is 3.44. The fraction of sp³-hybridized carbons (Fsp3) is 0.0952. The molecule has 0 spiro atoms. The summed E-state index contributed by atoms with van der Waals surface area (Å²) in [5, 5.41) is 5.97. The monoisotopic (exact) mass is 438 g/mol. The number of rotatable bonds is 5. The van der Waals surface area contributed by atoms with Crippen LogP contribution in [0.4, 0.5) is 5.69 Å². The van der Waals surface area contributed by atoms with E-state index in [-0.39, 0.29) is 5.91 Å². The number of anilines is 1. The van der Waals surface area contributed by atoms with Crippen molar-refractivity contribution in [2.24, 2.45) is 4.99 Å². The van der Waals surface area contributed by atoms with Crippen LogP contribution in [0.3, 0.4) is 0 Å². The van der Waals surface area contributed by atoms with Crippen LogP contribution in [-0.4, -0.2) is 24.0 Å². The van der Waals surface area contributed by atoms with E-state index >= 15 is 0 Å². The summed E-state index contributed by atoms with van der Waals surface area (Å²) in [4.78, 5) is 21.4. The number of hydrogen-bond donors (Lipinski definition) is 2. The van der Waals surface area contributed by atoms with Crippen molar-refractivity contribution in [1.29, 1.82) is 0 Å². The number of nitrogens with one attached hydrogen (secondary N) is 2. The van der Waals surface area contributed by atoms with Crippen molar-refractivity contribution in [2.45, 2.75) is 6.54 Å². The van der Waals surface area contributed by atoms with Gasteiger partial charge in [0.15, 0.2) is 0 Å². The summed E-state index contributed by atoms with van der Waals surface area (Å²) in [6, 6.07) is 20.2. The van der Waals surface area contributed by atoms with E-state index in [1.54, 1.807) is 37.6 Å². The summed E-state index contributed by atoms with van der Waals surface area (Å²) < 4.78 is 6.10. The van der Waals surface area contributed by atoms with E-state index in [2.05, 4.69) is 36.5 Å². The van der Waals surface area contributed by atoms with Crippen LogP contribution in [0.15, 0.2) is 82.4 Å². The normalized spacial score (nSPS) is 11.0. The Bertz CT molecular complexity index is 977. The molecule has 7 heteroatoms. The van der Waals surface area contributed by atoms with E-state index in [1.807, 2.05) is 42.5 Å². The van der Waals surface area contributed by atoms with Gasteiger partial charge in [0.05, 0.1) is 19.3 Å². The number of methoxy groups -OCH3 is 1. The van der Waals surface area contributed by atoms with Gasteiger partial charge in [0.1, 0.15) is 5.75 Å². The van der Waals surface area contributed by atoms with Gasteiger partial charge in [-0.05, 0) is 48.5 Å². The van der Waals surface area contributed by atoms with E-state index in [0.717, 1.165) is 15.9 Å². The van der Waals surface area contributed by atoms with Crippen LogP contribution in [0.5, 0.6) is 5.75 Å². The van der Waals surface area contributed by atoms with Crippen molar-refractivity contribution >= 4 is 33.5 Å². The number of aliphatic imine (C=N–C) groups is 1. The Labute approximate surface area is 171 Å². The van der Waals surface area contributed by atoms with Gasteiger partial charge in [-0.3, -0.25) is 15.1 Å². The molecule has 0 saturated heterocycles. The number of hydrogen-bond acceptors (Lipinski definition) is 4. The molecule has 0 saturated carbocycles. The lowest BCUT2D eigenvalue weighted by Crippen LogP contribution is -2.36. The van der Waals surface area contributed by atoms with Crippen LogP contribution in [0.25, 0.3) is 0 Å². The van der Waals surface area contributed by atoms with Gasteiger partial charge < -0.3 is 10.1 Å². The van der Waals surface area contributed by atoms with Gasteiger partial charge in [0.2, 0.25) is 5.96 Å². The maximum absolute atomic E-state index is 12.7. The van der Waals surface area contributed by atoms with Crippen LogP contribution in [0, 0.1) is 0 Å². The molecular formula is C21H19BrN4O2. The summed E-state index contributed by atoms with van der Waals surface area (Å²) in [6.45, 7) is 0.329. The van der Waals surface area contributed by atoms with Crippen molar-refractivity contribution in [3.8, 4) is 5.75 Å². The van der Waals surface area contributed by atoms with Crippen molar-refractivity contribution < 1.29 is 9.53 Å². The third kappa shape index (κ3) is 5.65. The van der Waals surface area contributed by atoms with Gasteiger partial charge in [-0.2, -0.15) is 0 Å². The third-order valence-corrected chi connectivity index (χ3v) is 4.27. The first-order valence-electron chi connectivity index (χ1n) is 8.56. The van der Waals surface area contributed by atoms with Crippen molar-refractivity contribution in [2.75, 3.05) is 12.4 Å². The van der Waals surface area contributed by atoms with Crippen LogP contribution in [0.2, 0.25) is 0 Å². The molecule has 0 aliphatic heterocycles. The minimum absolute atomic E-state index is 0.291. The molecule has 3 rings (SSSR count). The molecule has 1 aromatic heterocycles. The average Bonchev–Trinajstić information content (AvgIpc) is 2.73. The quantitative estimate of drug-likeness (QED) is 0.461. The number of aromatic nitrogens is 1. The SMILES string of the molecule is COc1cccc(C(=O)NC(=NCc2ccccn2)Nc2cccc(Br)c2)c1. The molecule has 0 radical (unpaired) electrons. The topological polar surface area (TPSA) is 75.6 Å². The number of amides is 1. The van der Waals surface area contributed by atoms with Gasteiger partial charge in [-0.25, -0.2) is 4.99 Å². The number of pyridine rings is 1. The zero-order valence-electron chi connectivity index (χ0n) is 15.2. The molecule has 1 amide bonds. The minimum atomic E-state index is -0.291. The van der Waals surface area contributed by atoms with Crippen molar-refractivity contribution in [3.63, 3.8) is 0 Å². The molecule has 2 aromatic carbocycles. The minimum Gasteiger partial charge on any atom is -0.497 e. The number of benzene rings is 2. The Balaban J connectivity index is 1.81. The largest absolute Gasteiger partial charge is 0.497 e. The predicted molar refractivity (Wildman–Crippen MR) is 114 cm³/mol. The number of nitrogens with zero attached hydrogens (tertiary/aromatic N) is 2. The second-order valence-corrected chi connectivity index (χ2v) is 6.72. The zero-order valence-corrected chi connectivity index (χ0v) is 16.8. The van der Waals surface area contributed by atoms with Crippen LogP contribution in [-0.2, 0) is 6.54 Å². The molecule has 2 N–H and O–H groups in total. The van der Waals surface area contributed by atoms with Gasteiger partial charge >= 0.3 is 0 Å². The van der Waals surface area contributed by atoms with Gasteiger partial charge in [-0.1, -0.05) is 34.1 Å². The summed E-state index contributed by atoms with van der Waals surface area (Å²) in [7, 11) is 1.56. The smallest absolute Gasteiger partial charge is 0.258 e. The fourth-order valence-corrected chi connectivity index (χ4v) is 2.81. The molecule has 3 aromatic rings. The second-order valence-electron chi connectivity index (χ2n) is 5.81. The Morgan fingerprint density at radius 3 is 2.71 bits per heavy atom. The standard InChI is InChI=1S/C21H19BrN4O2/c1-28-19-10-4-6-15(12-19)20(27)26-21(24-14-18-8-2-3-11-23-18)25-17-9-5-7-16(22)13-17/h2-13H,14H2,1H3,(H2,24,25,26,27). The Hall–Kier alpha value is -3.19. The number of carbonyl (C=O) groups is 1. The zero-order chi connectivity index (χ0) is 19.8. The van der Waals surface area contributed by atoms with Crippen molar-refractivity contribution in [1.82, 2.24) is 10.3 Å². The van der Waals surface area contributed by atoms with E-state index in [1.165, 1.54) is 0 Å². The molecule has 1 heterocycles.